The van der Waals surface area contributed by atoms with E-state index in [0.29, 0.717) is 18.4 Å². The summed E-state index contributed by atoms with van der Waals surface area (Å²) in [4.78, 5) is 8.66. The van der Waals surface area contributed by atoms with Gasteiger partial charge in [0.25, 0.3) is 0 Å². The van der Waals surface area contributed by atoms with Crippen LogP contribution in [-0.4, -0.2) is 22.1 Å². The first-order valence-corrected chi connectivity index (χ1v) is 8.14. The predicted molar refractivity (Wildman–Crippen MR) is 95.3 cm³/mol. The summed E-state index contributed by atoms with van der Waals surface area (Å²) in [5.74, 6) is 2.20. The van der Waals surface area contributed by atoms with Crippen LogP contribution >= 0.6 is 0 Å². The van der Waals surface area contributed by atoms with Crippen LogP contribution in [0.4, 0.5) is 0 Å². The summed E-state index contributed by atoms with van der Waals surface area (Å²) in [6.45, 7) is 8.69. The Morgan fingerprint density at radius 1 is 1.35 bits per heavy atom. The van der Waals surface area contributed by atoms with Gasteiger partial charge in [-0.3, -0.25) is 0 Å². The molecule has 3 N–H and O–H groups in total. The van der Waals surface area contributed by atoms with Crippen molar-refractivity contribution in [1.82, 2.24) is 14.9 Å². The zero-order valence-electron chi connectivity index (χ0n) is 14.3. The molecule has 0 fully saturated rings. The van der Waals surface area contributed by atoms with Crippen LogP contribution in [-0.2, 0) is 13.1 Å². The third-order valence-electron chi connectivity index (χ3n) is 3.73. The van der Waals surface area contributed by atoms with E-state index in [1.165, 1.54) is 5.56 Å². The van der Waals surface area contributed by atoms with E-state index in [-0.39, 0.29) is 0 Å². The van der Waals surface area contributed by atoms with Crippen LogP contribution in [0.3, 0.4) is 0 Å². The van der Waals surface area contributed by atoms with Crippen molar-refractivity contribution in [1.29, 1.82) is 0 Å². The number of imidazole rings is 1. The highest BCUT2D eigenvalue weighted by Gasteiger charge is 2.01. The van der Waals surface area contributed by atoms with Gasteiger partial charge < -0.3 is 15.6 Å². The molecule has 5 heteroatoms. The van der Waals surface area contributed by atoms with E-state index >= 15 is 0 Å². The fourth-order valence-corrected chi connectivity index (χ4v) is 2.32. The number of guanidine groups is 1. The van der Waals surface area contributed by atoms with E-state index in [2.05, 4.69) is 58.0 Å². The van der Waals surface area contributed by atoms with Crippen LogP contribution in [0.25, 0.3) is 0 Å². The molecule has 0 spiro atoms. The molecule has 5 nitrogen and oxygen atoms in total. The maximum Gasteiger partial charge on any atom is 0.188 e. The van der Waals surface area contributed by atoms with Gasteiger partial charge >= 0.3 is 0 Å². The molecular weight excluding hydrogens is 286 g/mol. The van der Waals surface area contributed by atoms with Crippen molar-refractivity contribution in [3.05, 3.63) is 53.6 Å². The minimum Gasteiger partial charge on any atom is -0.370 e. The van der Waals surface area contributed by atoms with E-state index < -0.39 is 0 Å². The molecule has 1 aromatic heterocycles. The molecular formula is C18H27N5. The summed E-state index contributed by atoms with van der Waals surface area (Å²) in [6.07, 6.45) is 4.92. The Bertz CT molecular complexity index is 642. The number of aryl methyl sites for hydroxylation is 1. The second-order valence-corrected chi connectivity index (χ2v) is 6.23. The van der Waals surface area contributed by atoms with E-state index in [4.69, 9.17) is 5.73 Å². The van der Waals surface area contributed by atoms with Crippen molar-refractivity contribution in [2.75, 3.05) is 6.54 Å². The summed E-state index contributed by atoms with van der Waals surface area (Å²) in [5.41, 5.74) is 8.30. The summed E-state index contributed by atoms with van der Waals surface area (Å²) >= 11 is 0. The minimum absolute atomic E-state index is 0.515. The van der Waals surface area contributed by atoms with Gasteiger partial charge in [0.15, 0.2) is 5.96 Å². The molecule has 0 unspecified atom stereocenters. The average Bonchev–Trinajstić information content (AvgIpc) is 2.90. The molecule has 2 aromatic rings. The average molecular weight is 313 g/mol. The molecule has 1 aromatic carbocycles. The Balaban J connectivity index is 1.91. The third-order valence-corrected chi connectivity index (χ3v) is 3.73. The SMILES string of the molecule is Cc1nccn1Cc1cccc(CN=C(N)NCCC(C)C)c1. The molecule has 0 amide bonds. The molecule has 2 rings (SSSR count). The lowest BCUT2D eigenvalue weighted by molar-refractivity contribution is 0.576. The van der Waals surface area contributed by atoms with Crippen molar-refractivity contribution in [2.24, 2.45) is 16.6 Å². The maximum atomic E-state index is 5.90. The number of nitrogens with two attached hydrogens (primary N) is 1. The van der Waals surface area contributed by atoms with Crippen molar-refractivity contribution < 1.29 is 0 Å². The molecule has 0 saturated heterocycles. The zero-order valence-corrected chi connectivity index (χ0v) is 14.3. The first-order chi connectivity index (χ1) is 11.0. The molecule has 0 aliphatic rings. The van der Waals surface area contributed by atoms with Crippen LogP contribution in [0.1, 0.15) is 37.2 Å². The summed E-state index contributed by atoms with van der Waals surface area (Å²) in [7, 11) is 0. The largest absolute Gasteiger partial charge is 0.370 e. The molecule has 0 atom stereocenters. The van der Waals surface area contributed by atoms with E-state index in [9.17, 15) is 0 Å². The number of aliphatic imine (C=N–C) groups is 1. The van der Waals surface area contributed by atoms with Crippen LogP contribution in [0.5, 0.6) is 0 Å². The van der Waals surface area contributed by atoms with Gasteiger partial charge in [-0.2, -0.15) is 0 Å². The number of rotatable bonds is 7. The van der Waals surface area contributed by atoms with Gasteiger partial charge in [-0.25, -0.2) is 9.98 Å². The van der Waals surface area contributed by atoms with Gasteiger partial charge in [0.1, 0.15) is 5.82 Å². The number of benzene rings is 1. The second-order valence-electron chi connectivity index (χ2n) is 6.23. The topological polar surface area (TPSA) is 68.2 Å². The van der Waals surface area contributed by atoms with Crippen molar-refractivity contribution in [3.63, 3.8) is 0 Å². The highest BCUT2D eigenvalue weighted by molar-refractivity contribution is 5.77. The Kier molecular flexibility index (Phi) is 6.20. The van der Waals surface area contributed by atoms with Gasteiger partial charge in [-0.15, -0.1) is 0 Å². The Morgan fingerprint density at radius 2 is 2.13 bits per heavy atom. The molecule has 0 aliphatic carbocycles. The standard InChI is InChI=1S/C18H27N5/c1-14(2)7-8-21-18(19)22-12-16-5-4-6-17(11-16)13-23-10-9-20-15(23)3/h4-6,9-11,14H,7-8,12-13H2,1-3H3,(H3,19,21,22). The minimum atomic E-state index is 0.515. The molecule has 0 bridgehead atoms. The summed E-state index contributed by atoms with van der Waals surface area (Å²) < 4.78 is 2.13. The maximum absolute atomic E-state index is 5.90. The fraction of sp³-hybridized carbons (Fsp3) is 0.444. The Labute approximate surface area is 138 Å². The van der Waals surface area contributed by atoms with Gasteiger partial charge in [0, 0.05) is 25.5 Å². The van der Waals surface area contributed by atoms with Crippen molar-refractivity contribution in [2.45, 2.75) is 40.3 Å². The third kappa shape index (κ3) is 5.77. The normalized spacial score (nSPS) is 11.9. The van der Waals surface area contributed by atoms with E-state index in [0.717, 1.165) is 30.9 Å². The molecule has 0 radical (unpaired) electrons. The lowest BCUT2D eigenvalue weighted by Crippen LogP contribution is -2.32. The van der Waals surface area contributed by atoms with Crippen LogP contribution in [0.2, 0.25) is 0 Å². The first-order valence-electron chi connectivity index (χ1n) is 8.14. The molecule has 1 heterocycles. The number of hydrogen-bond donors (Lipinski definition) is 2. The Morgan fingerprint density at radius 3 is 2.83 bits per heavy atom. The summed E-state index contributed by atoms with van der Waals surface area (Å²) in [6, 6.07) is 8.44. The van der Waals surface area contributed by atoms with Crippen LogP contribution in [0, 0.1) is 12.8 Å². The lowest BCUT2D eigenvalue weighted by atomic mass is 10.1. The van der Waals surface area contributed by atoms with E-state index in [1.807, 2.05) is 19.3 Å². The zero-order chi connectivity index (χ0) is 16.7. The van der Waals surface area contributed by atoms with Crippen molar-refractivity contribution in [3.8, 4) is 0 Å². The highest BCUT2D eigenvalue weighted by Crippen LogP contribution is 2.09. The molecule has 23 heavy (non-hydrogen) atoms. The number of aromatic nitrogens is 2. The smallest absolute Gasteiger partial charge is 0.188 e. The summed E-state index contributed by atoms with van der Waals surface area (Å²) in [5, 5.41) is 3.16. The second kappa shape index (κ2) is 8.36. The van der Waals surface area contributed by atoms with Gasteiger partial charge in [0.2, 0.25) is 0 Å². The predicted octanol–water partition coefficient (Wildman–Crippen LogP) is 2.69. The Hall–Kier alpha value is -2.30. The fourth-order valence-electron chi connectivity index (χ4n) is 2.32. The van der Waals surface area contributed by atoms with Crippen LogP contribution < -0.4 is 11.1 Å². The highest BCUT2D eigenvalue weighted by atomic mass is 15.1. The molecule has 0 saturated carbocycles. The quantitative estimate of drug-likeness (QED) is 0.610. The van der Waals surface area contributed by atoms with Gasteiger partial charge in [-0.1, -0.05) is 38.1 Å². The molecule has 124 valence electrons. The van der Waals surface area contributed by atoms with E-state index in [1.54, 1.807) is 0 Å². The van der Waals surface area contributed by atoms with Gasteiger partial charge in [-0.05, 0) is 30.4 Å². The van der Waals surface area contributed by atoms with Crippen LogP contribution in [0.15, 0.2) is 41.7 Å². The lowest BCUT2D eigenvalue weighted by Gasteiger charge is -2.08. The number of nitrogens with one attached hydrogen (secondary N) is 1. The first kappa shape index (κ1) is 17.1. The number of hydrogen-bond acceptors (Lipinski definition) is 2. The monoisotopic (exact) mass is 313 g/mol. The van der Waals surface area contributed by atoms with Crippen molar-refractivity contribution >= 4 is 5.96 Å². The number of nitrogens with zero attached hydrogens (tertiary/aromatic N) is 3. The van der Waals surface area contributed by atoms with Gasteiger partial charge in [0.05, 0.1) is 6.54 Å². The molecule has 0 aliphatic heterocycles.